The minimum atomic E-state index is -0.0685. The van der Waals surface area contributed by atoms with Crippen LogP contribution in [0.3, 0.4) is 0 Å². The first-order valence-corrected chi connectivity index (χ1v) is 13.4. The fraction of sp³-hybridized carbons (Fsp3) is 0.290. The normalized spacial score (nSPS) is 17.0. The van der Waals surface area contributed by atoms with Gasteiger partial charge in [-0.1, -0.05) is 48.0 Å². The molecule has 7 heteroatoms. The number of piperazine rings is 1. The number of carbonyl (C=O) groups excluding carboxylic acids is 1. The number of nitrogens with zero attached hydrogens (tertiary/aromatic N) is 5. The lowest BCUT2D eigenvalue weighted by atomic mass is 9.97. The highest BCUT2D eigenvalue weighted by atomic mass is 16.1. The number of hydrogen-bond acceptors (Lipinski definition) is 7. The van der Waals surface area contributed by atoms with Crippen molar-refractivity contribution in [2.24, 2.45) is 5.92 Å². The molecule has 2 aromatic heterocycles. The Morgan fingerprint density at radius 2 is 1.55 bits per heavy atom. The molecule has 0 unspecified atom stereocenters. The third-order valence-electron chi connectivity index (χ3n) is 7.99. The van der Waals surface area contributed by atoms with Crippen LogP contribution in [0.4, 0.5) is 11.8 Å². The number of anilines is 2. The number of fused-ring (bicyclic) bond motifs is 3. The summed E-state index contributed by atoms with van der Waals surface area (Å²) >= 11 is 0. The van der Waals surface area contributed by atoms with Crippen LogP contribution < -0.4 is 10.6 Å². The molecule has 7 rings (SSSR count). The Hall–Kier alpha value is -4.10. The Morgan fingerprint density at radius 1 is 0.842 bits per heavy atom. The summed E-state index contributed by atoms with van der Waals surface area (Å²) < 4.78 is 0. The van der Waals surface area contributed by atoms with E-state index in [1.807, 2.05) is 55.6 Å². The van der Waals surface area contributed by atoms with Gasteiger partial charge in [0.2, 0.25) is 5.95 Å². The van der Waals surface area contributed by atoms with Crippen LogP contribution in [0.15, 0.2) is 60.8 Å². The van der Waals surface area contributed by atoms with Crippen molar-refractivity contribution in [3.63, 3.8) is 0 Å². The molecule has 2 fully saturated rings. The first kappa shape index (κ1) is 23.0. The van der Waals surface area contributed by atoms with Gasteiger partial charge >= 0.3 is 0 Å². The molecular formula is C31H30N6O. The van der Waals surface area contributed by atoms with Crippen molar-refractivity contribution in [3.05, 3.63) is 77.5 Å². The van der Waals surface area contributed by atoms with Crippen LogP contribution in [0.2, 0.25) is 0 Å². The van der Waals surface area contributed by atoms with E-state index in [0.717, 1.165) is 65.7 Å². The number of rotatable bonds is 5. The van der Waals surface area contributed by atoms with Crippen LogP contribution in [0.25, 0.3) is 33.6 Å². The van der Waals surface area contributed by atoms with E-state index in [-0.39, 0.29) is 11.7 Å². The highest BCUT2D eigenvalue weighted by Gasteiger charge is 2.34. The molecule has 7 nitrogen and oxygen atoms in total. The highest BCUT2D eigenvalue weighted by molar-refractivity contribution is 6.25. The van der Waals surface area contributed by atoms with Crippen LogP contribution in [0.1, 0.15) is 34.3 Å². The van der Waals surface area contributed by atoms with Gasteiger partial charge < -0.3 is 10.6 Å². The van der Waals surface area contributed by atoms with E-state index in [1.165, 1.54) is 19.4 Å². The predicted octanol–water partition coefficient (Wildman–Crippen LogP) is 4.84. The average Bonchev–Trinajstić information content (AvgIpc) is 3.72. The maximum Gasteiger partial charge on any atom is 0.221 e. The Balaban J connectivity index is 1.22. The van der Waals surface area contributed by atoms with Gasteiger partial charge in [-0.25, -0.2) is 15.0 Å². The second kappa shape index (κ2) is 9.03. The highest BCUT2D eigenvalue weighted by Crippen LogP contribution is 2.45. The average molecular weight is 503 g/mol. The molecule has 38 heavy (non-hydrogen) atoms. The zero-order valence-corrected chi connectivity index (χ0v) is 21.5. The minimum Gasteiger partial charge on any atom is -0.368 e. The van der Waals surface area contributed by atoms with Gasteiger partial charge in [0.15, 0.2) is 5.78 Å². The van der Waals surface area contributed by atoms with Gasteiger partial charge in [0, 0.05) is 61.2 Å². The van der Waals surface area contributed by atoms with E-state index in [9.17, 15) is 4.79 Å². The third kappa shape index (κ3) is 4.03. The van der Waals surface area contributed by atoms with Gasteiger partial charge in [-0.2, -0.15) is 0 Å². The number of ketones is 1. The van der Waals surface area contributed by atoms with E-state index < -0.39 is 0 Å². The van der Waals surface area contributed by atoms with Crippen molar-refractivity contribution in [2.45, 2.75) is 19.8 Å². The summed E-state index contributed by atoms with van der Waals surface area (Å²) in [6.45, 7) is 7.47. The van der Waals surface area contributed by atoms with E-state index in [1.54, 1.807) is 0 Å². The van der Waals surface area contributed by atoms with Crippen LogP contribution in [0, 0.1) is 12.8 Å². The van der Waals surface area contributed by atoms with Crippen molar-refractivity contribution in [3.8, 4) is 33.6 Å². The number of benzene rings is 2. The second-order valence-corrected chi connectivity index (χ2v) is 10.7. The quantitative estimate of drug-likeness (QED) is 0.368. The molecule has 1 saturated carbocycles. The number of carbonyl (C=O) groups is 1. The fourth-order valence-electron chi connectivity index (χ4n) is 5.72. The summed E-state index contributed by atoms with van der Waals surface area (Å²) in [6, 6.07) is 18.0. The van der Waals surface area contributed by atoms with E-state index >= 15 is 0 Å². The molecule has 1 aliphatic heterocycles. The molecule has 1 saturated heterocycles. The van der Waals surface area contributed by atoms with Crippen LogP contribution >= 0.6 is 0 Å². The molecule has 190 valence electrons. The van der Waals surface area contributed by atoms with Crippen molar-refractivity contribution in [1.29, 1.82) is 0 Å². The largest absolute Gasteiger partial charge is 0.368 e. The number of pyridine rings is 1. The van der Waals surface area contributed by atoms with Crippen LogP contribution in [-0.2, 0) is 0 Å². The van der Waals surface area contributed by atoms with E-state index in [4.69, 9.17) is 10.7 Å². The van der Waals surface area contributed by atoms with Gasteiger partial charge in [-0.05, 0) is 43.4 Å². The van der Waals surface area contributed by atoms with E-state index in [2.05, 4.69) is 31.9 Å². The van der Waals surface area contributed by atoms with Crippen molar-refractivity contribution < 1.29 is 4.79 Å². The number of nitrogen functional groups attached to an aromatic ring is 1. The Kier molecular flexibility index (Phi) is 5.48. The maximum absolute atomic E-state index is 13.7. The summed E-state index contributed by atoms with van der Waals surface area (Å²) in [5.74, 6) is 2.01. The smallest absolute Gasteiger partial charge is 0.221 e. The zero-order chi connectivity index (χ0) is 25.8. The molecule has 3 heterocycles. The molecule has 0 radical (unpaired) electrons. The summed E-state index contributed by atoms with van der Waals surface area (Å²) in [7, 11) is 0. The maximum atomic E-state index is 13.7. The van der Waals surface area contributed by atoms with Crippen molar-refractivity contribution in [1.82, 2.24) is 19.9 Å². The summed E-state index contributed by atoms with van der Waals surface area (Å²) in [4.78, 5) is 32.5. The molecular weight excluding hydrogens is 472 g/mol. The van der Waals surface area contributed by atoms with Gasteiger partial charge in [-0.3, -0.25) is 9.69 Å². The third-order valence-corrected chi connectivity index (χ3v) is 7.99. The monoisotopic (exact) mass is 502 g/mol. The molecule has 2 aliphatic carbocycles. The fourth-order valence-corrected chi connectivity index (χ4v) is 5.72. The first-order chi connectivity index (χ1) is 18.5. The molecule has 0 bridgehead atoms. The SMILES string of the molecule is Cc1ccc(-c2nc(N)nc3c2C(=O)c2cccc(-c4ccc(N5CCN(CC6CC6)CC5)nc4)c2-3)cc1. The standard InChI is InChI=1S/C31H30N6O/c1-19-5-9-21(10-6-19)28-27-29(35-31(32)34-28)26-23(3-2-4-24(26)30(27)38)22-11-12-25(33-17-22)37-15-13-36(14-16-37)18-20-7-8-20/h2-6,9-12,17,20H,7-8,13-16,18H2,1H3,(H2,32,34,35). The number of aryl methyl sites for hydroxylation is 1. The van der Waals surface area contributed by atoms with Crippen molar-refractivity contribution in [2.75, 3.05) is 43.4 Å². The lowest BCUT2D eigenvalue weighted by Gasteiger charge is -2.35. The molecule has 0 spiro atoms. The summed E-state index contributed by atoms with van der Waals surface area (Å²) in [5.41, 5.74) is 13.2. The summed E-state index contributed by atoms with van der Waals surface area (Å²) in [5, 5.41) is 0. The van der Waals surface area contributed by atoms with Gasteiger partial charge in [0.25, 0.3) is 0 Å². The lowest BCUT2D eigenvalue weighted by Crippen LogP contribution is -2.47. The molecule has 2 aromatic carbocycles. The lowest BCUT2D eigenvalue weighted by molar-refractivity contribution is 0.104. The van der Waals surface area contributed by atoms with Gasteiger partial charge in [0.05, 0.1) is 17.0 Å². The first-order valence-electron chi connectivity index (χ1n) is 13.4. The topological polar surface area (TPSA) is 88.2 Å². The Bertz CT molecular complexity index is 1530. The molecule has 4 aromatic rings. The molecule has 0 amide bonds. The Morgan fingerprint density at radius 3 is 2.26 bits per heavy atom. The van der Waals surface area contributed by atoms with Crippen LogP contribution in [-0.4, -0.2) is 58.4 Å². The number of nitrogens with two attached hydrogens (primary N) is 1. The second-order valence-electron chi connectivity index (χ2n) is 10.7. The van der Waals surface area contributed by atoms with Crippen molar-refractivity contribution >= 4 is 17.5 Å². The van der Waals surface area contributed by atoms with Crippen LogP contribution in [0.5, 0.6) is 0 Å². The number of aromatic nitrogens is 3. The molecule has 0 atom stereocenters. The van der Waals surface area contributed by atoms with E-state index in [0.29, 0.717) is 22.5 Å². The Labute approximate surface area is 222 Å². The zero-order valence-electron chi connectivity index (χ0n) is 21.5. The molecule has 2 N–H and O–H groups in total. The van der Waals surface area contributed by atoms with Gasteiger partial charge in [-0.15, -0.1) is 0 Å². The predicted molar refractivity (Wildman–Crippen MR) is 150 cm³/mol. The minimum absolute atomic E-state index is 0.0685. The van der Waals surface area contributed by atoms with Gasteiger partial charge in [0.1, 0.15) is 5.82 Å². The summed E-state index contributed by atoms with van der Waals surface area (Å²) in [6.07, 6.45) is 4.71. The number of hydrogen-bond donors (Lipinski definition) is 1. The molecule has 3 aliphatic rings.